The predicted octanol–water partition coefficient (Wildman–Crippen LogP) is 6.05. The molecule has 0 spiro atoms. The Labute approximate surface area is 173 Å². The molecule has 2 heteroatoms. The summed E-state index contributed by atoms with van der Waals surface area (Å²) in [7, 11) is 0. The highest BCUT2D eigenvalue weighted by Crippen LogP contribution is 2.69. The first kappa shape index (κ1) is 21.2. The van der Waals surface area contributed by atoms with Gasteiger partial charge in [0.2, 0.25) is 0 Å². The molecule has 0 heterocycles. The van der Waals surface area contributed by atoms with Crippen LogP contribution in [0.15, 0.2) is 0 Å². The van der Waals surface area contributed by atoms with Crippen LogP contribution < -0.4 is 0 Å². The topological polar surface area (TPSA) is 40.5 Å². The molecule has 4 saturated carbocycles. The largest absolute Gasteiger partial charge is 0.393 e. The lowest BCUT2D eigenvalue weighted by Crippen LogP contribution is -2.62. The van der Waals surface area contributed by atoms with Crippen molar-refractivity contribution in [3.05, 3.63) is 0 Å². The Morgan fingerprint density at radius 2 is 1.57 bits per heavy atom. The van der Waals surface area contributed by atoms with Crippen molar-refractivity contribution in [2.24, 2.45) is 52.3 Å². The van der Waals surface area contributed by atoms with E-state index in [9.17, 15) is 10.2 Å². The van der Waals surface area contributed by atoms with Gasteiger partial charge in [0.15, 0.2) is 0 Å². The van der Waals surface area contributed by atoms with E-state index in [0.717, 1.165) is 31.1 Å². The molecule has 4 aliphatic carbocycles. The number of rotatable bonds is 4. The van der Waals surface area contributed by atoms with Gasteiger partial charge in [-0.2, -0.15) is 0 Å². The van der Waals surface area contributed by atoms with E-state index in [4.69, 9.17) is 0 Å². The third kappa shape index (κ3) is 2.95. The average molecular weight is 391 g/mol. The first-order valence-electron chi connectivity index (χ1n) is 12.6. The Bertz CT molecular complexity index is 561. The number of fused-ring (bicyclic) bond motifs is 5. The van der Waals surface area contributed by atoms with Crippen LogP contribution in [0.3, 0.4) is 0 Å². The highest BCUT2D eigenvalue weighted by Gasteiger charge is 2.64. The fourth-order valence-corrected chi connectivity index (χ4v) is 9.59. The lowest BCUT2D eigenvalue weighted by molar-refractivity contribution is -0.203. The van der Waals surface area contributed by atoms with Gasteiger partial charge in [0.25, 0.3) is 0 Å². The Morgan fingerprint density at radius 1 is 0.893 bits per heavy atom. The molecule has 2 nitrogen and oxygen atoms in total. The summed E-state index contributed by atoms with van der Waals surface area (Å²) in [6, 6.07) is 0. The van der Waals surface area contributed by atoms with E-state index in [2.05, 4.69) is 34.6 Å². The molecule has 0 saturated heterocycles. The van der Waals surface area contributed by atoms with Crippen molar-refractivity contribution >= 4 is 0 Å². The van der Waals surface area contributed by atoms with Gasteiger partial charge in [-0.1, -0.05) is 53.9 Å². The van der Waals surface area contributed by atoms with Crippen LogP contribution in [0.5, 0.6) is 0 Å². The van der Waals surface area contributed by atoms with Gasteiger partial charge < -0.3 is 10.2 Å². The third-order valence-electron chi connectivity index (χ3n) is 10.9. The molecule has 0 aromatic carbocycles. The molecule has 0 aromatic rings. The van der Waals surface area contributed by atoms with Gasteiger partial charge >= 0.3 is 0 Å². The summed E-state index contributed by atoms with van der Waals surface area (Å²) < 4.78 is 0. The molecule has 4 aliphatic rings. The van der Waals surface area contributed by atoms with E-state index in [-0.39, 0.29) is 12.2 Å². The molecular formula is C26H46O2. The zero-order valence-corrected chi connectivity index (χ0v) is 19.2. The van der Waals surface area contributed by atoms with Crippen molar-refractivity contribution in [3.8, 4) is 0 Å². The number of aliphatic hydroxyl groups is 2. The molecule has 28 heavy (non-hydrogen) atoms. The summed E-state index contributed by atoms with van der Waals surface area (Å²) in [6.45, 7) is 12.3. The Morgan fingerprint density at radius 3 is 2.25 bits per heavy atom. The first-order chi connectivity index (χ1) is 13.3. The molecule has 0 amide bonds. The number of hydrogen-bond acceptors (Lipinski definition) is 2. The Kier molecular flexibility index (Phi) is 5.71. The van der Waals surface area contributed by atoms with E-state index >= 15 is 0 Å². The van der Waals surface area contributed by atoms with Crippen LogP contribution in [0, 0.1) is 52.3 Å². The fourth-order valence-electron chi connectivity index (χ4n) is 9.59. The van der Waals surface area contributed by atoms with Gasteiger partial charge in [0, 0.05) is 0 Å². The van der Waals surface area contributed by atoms with Crippen LogP contribution in [0.25, 0.3) is 0 Å². The highest BCUT2D eigenvalue weighted by molar-refractivity contribution is 5.13. The van der Waals surface area contributed by atoms with Crippen LogP contribution >= 0.6 is 0 Å². The molecular weight excluding hydrogens is 344 g/mol. The van der Waals surface area contributed by atoms with Gasteiger partial charge in [-0.3, -0.25) is 0 Å². The van der Waals surface area contributed by atoms with Gasteiger partial charge in [-0.05, 0) is 97.2 Å². The van der Waals surface area contributed by atoms with Crippen molar-refractivity contribution in [1.82, 2.24) is 0 Å². The van der Waals surface area contributed by atoms with Crippen molar-refractivity contribution < 1.29 is 10.2 Å². The van der Waals surface area contributed by atoms with Crippen LogP contribution in [0.2, 0.25) is 0 Å². The normalized spacial score (nSPS) is 54.5. The van der Waals surface area contributed by atoms with Crippen LogP contribution in [0.1, 0.15) is 98.8 Å². The molecule has 4 rings (SSSR count). The predicted molar refractivity (Wildman–Crippen MR) is 116 cm³/mol. The fraction of sp³-hybridized carbons (Fsp3) is 1.00. The summed E-state index contributed by atoms with van der Waals surface area (Å²) in [5.74, 6) is 4.45. The van der Waals surface area contributed by atoms with Gasteiger partial charge in [0.05, 0.1) is 12.2 Å². The lowest BCUT2D eigenvalue weighted by atomic mass is 9.41. The van der Waals surface area contributed by atoms with Gasteiger partial charge in [-0.15, -0.1) is 0 Å². The second kappa shape index (κ2) is 7.56. The van der Waals surface area contributed by atoms with Crippen molar-refractivity contribution in [2.45, 2.75) is 111 Å². The van der Waals surface area contributed by atoms with E-state index in [1.165, 1.54) is 44.9 Å². The summed E-state index contributed by atoms with van der Waals surface area (Å²) in [4.78, 5) is 0. The Balaban J connectivity index is 1.67. The van der Waals surface area contributed by atoms with Gasteiger partial charge in [-0.25, -0.2) is 0 Å². The molecule has 0 bridgehead atoms. The highest BCUT2D eigenvalue weighted by atomic mass is 16.3. The zero-order valence-electron chi connectivity index (χ0n) is 19.2. The van der Waals surface area contributed by atoms with Crippen molar-refractivity contribution in [2.75, 3.05) is 0 Å². The maximum atomic E-state index is 11.7. The smallest absolute Gasteiger partial charge is 0.0605 e. The molecule has 4 unspecified atom stereocenters. The van der Waals surface area contributed by atoms with E-state index in [1.807, 2.05) is 0 Å². The zero-order chi connectivity index (χ0) is 20.3. The maximum absolute atomic E-state index is 11.7. The van der Waals surface area contributed by atoms with Crippen LogP contribution in [-0.4, -0.2) is 22.4 Å². The standard InChI is InChI=1S/C26H46O2/c1-6-8-16(3)19-9-10-20-23-21(12-14-25(19,20)4)26(5)13-11-17(27)15-22(26)18(7-2)24(23)28/h16-24,27-28H,6-15H2,1-5H3/t16-,17-,18-,19?,20+,21+,22?,23+,24-,25?,26?/m1/s1. The van der Waals surface area contributed by atoms with Gasteiger partial charge in [0.1, 0.15) is 0 Å². The summed E-state index contributed by atoms with van der Waals surface area (Å²) >= 11 is 0. The average Bonchev–Trinajstić information content (AvgIpc) is 3.01. The molecule has 11 atom stereocenters. The second-order valence-electron chi connectivity index (χ2n) is 11.9. The minimum Gasteiger partial charge on any atom is -0.393 e. The quantitative estimate of drug-likeness (QED) is 0.613. The molecule has 2 N–H and O–H groups in total. The van der Waals surface area contributed by atoms with E-state index in [0.29, 0.717) is 40.4 Å². The molecule has 4 fully saturated rings. The van der Waals surface area contributed by atoms with E-state index < -0.39 is 0 Å². The summed E-state index contributed by atoms with van der Waals surface area (Å²) in [5.41, 5.74) is 0.769. The Hall–Kier alpha value is -0.0800. The minimum absolute atomic E-state index is 0.143. The van der Waals surface area contributed by atoms with Crippen LogP contribution in [0.4, 0.5) is 0 Å². The van der Waals surface area contributed by atoms with Crippen molar-refractivity contribution in [1.29, 1.82) is 0 Å². The lowest BCUT2D eigenvalue weighted by Gasteiger charge is -2.64. The molecule has 0 aliphatic heterocycles. The third-order valence-corrected chi connectivity index (χ3v) is 10.9. The SMILES string of the molecule is CCC[C@@H](C)C1CC[C@H]2[C@@H]3[C@H](O)[C@H](CC)C4C[C@H](O)CCC4(C)[C@H]3CCC12C. The summed E-state index contributed by atoms with van der Waals surface area (Å²) in [5, 5.41) is 22.1. The van der Waals surface area contributed by atoms with E-state index in [1.54, 1.807) is 0 Å². The molecule has 162 valence electrons. The molecule has 0 aromatic heterocycles. The van der Waals surface area contributed by atoms with Crippen LogP contribution in [-0.2, 0) is 0 Å². The number of hydrogen-bond donors (Lipinski definition) is 2. The maximum Gasteiger partial charge on any atom is 0.0605 e. The monoisotopic (exact) mass is 390 g/mol. The summed E-state index contributed by atoms with van der Waals surface area (Å²) in [6.07, 6.45) is 11.9. The number of aliphatic hydroxyl groups excluding tert-OH is 2. The second-order valence-corrected chi connectivity index (χ2v) is 11.9. The minimum atomic E-state index is -0.150. The molecule has 0 radical (unpaired) electrons. The van der Waals surface area contributed by atoms with Crippen molar-refractivity contribution in [3.63, 3.8) is 0 Å². The first-order valence-corrected chi connectivity index (χ1v) is 12.6.